The molecule has 3 aromatic rings. The van der Waals surface area contributed by atoms with Crippen LogP contribution in [0.1, 0.15) is 57.6 Å². The molecule has 0 radical (unpaired) electrons. The Morgan fingerprint density at radius 2 is 1.80 bits per heavy atom. The molecule has 204 valence electrons. The predicted molar refractivity (Wildman–Crippen MR) is 154 cm³/mol. The van der Waals surface area contributed by atoms with Crippen LogP contribution >= 0.6 is 0 Å². The van der Waals surface area contributed by atoms with Gasteiger partial charge in [0, 0.05) is 28.9 Å². The zero-order valence-corrected chi connectivity index (χ0v) is 23.5. The van der Waals surface area contributed by atoms with Crippen molar-refractivity contribution in [1.29, 1.82) is 5.26 Å². The van der Waals surface area contributed by atoms with Gasteiger partial charge in [-0.25, -0.2) is 4.68 Å². The van der Waals surface area contributed by atoms with Crippen LogP contribution in [0.25, 0.3) is 23.0 Å². The van der Waals surface area contributed by atoms with E-state index in [4.69, 9.17) is 9.84 Å². The van der Waals surface area contributed by atoms with Crippen molar-refractivity contribution in [3.05, 3.63) is 82.6 Å². The van der Waals surface area contributed by atoms with Crippen LogP contribution in [0.3, 0.4) is 0 Å². The lowest BCUT2D eigenvalue weighted by Crippen LogP contribution is -2.47. The minimum Gasteiger partial charge on any atom is -0.493 e. The number of ether oxygens (including phenoxy) is 1. The molecule has 7 heteroatoms. The van der Waals surface area contributed by atoms with Crippen LogP contribution in [0, 0.1) is 24.2 Å². The summed E-state index contributed by atoms with van der Waals surface area (Å²) in [5.41, 5.74) is 4.99. The fraction of sp³-hybridized carbons (Fsp3) is 0.333. The second kappa shape index (κ2) is 11.4. The number of hydrogen-bond donors (Lipinski definition) is 0. The van der Waals surface area contributed by atoms with E-state index in [2.05, 4.69) is 19.9 Å². The largest absolute Gasteiger partial charge is 0.493 e. The predicted octanol–water partition coefficient (Wildman–Crippen LogP) is 6.42. The van der Waals surface area contributed by atoms with Crippen molar-refractivity contribution in [2.75, 3.05) is 6.61 Å². The highest BCUT2D eigenvalue weighted by Gasteiger charge is 2.40. The lowest BCUT2D eigenvalue weighted by Gasteiger charge is -2.32. The number of aryl methyl sites for hydroxylation is 1. The first-order valence-electron chi connectivity index (χ1n) is 13.9. The summed E-state index contributed by atoms with van der Waals surface area (Å²) in [6, 6.07) is 17.6. The molecule has 0 unspecified atom stereocenters. The number of carbonyl (C=O) groups is 2. The van der Waals surface area contributed by atoms with Gasteiger partial charge in [-0.1, -0.05) is 44.9 Å². The highest BCUT2D eigenvalue weighted by molar-refractivity contribution is 6.20. The van der Waals surface area contributed by atoms with Gasteiger partial charge in [-0.15, -0.1) is 0 Å². The molecule has 0 saturated heterocycles. The van der Waals surface area contributed by atoms with E-state index in [1.165, 1.54) is 4.90 Å². The van der Waals surface area contributed by atoms with Crippen LogP contribution in [0.15, 0.2) is 71.4 Å². The summed E-state index contributed by atoms with van der Waals surface area (Å²) in [5.74, 6) is 0.379. The van der Waals surface area contributed by atoms with Gasteiger partial charge in [-0.05, 0) is 80.2 Å². The van der Waals surface area contributed by atoms with E-state index >= 15 is 0 Å². The Balaban J connectivity index is 1.64. The van der Waals surface area contributed by atoms with Gasteiger partial charge >= 0.3 is 0 Å². The Labute approximate surface area is 235 Å². The molecule has 7 nitrogen and oxygen atoms in total. The normalized spacial score (nSPS) is 17.3. The van der Waals surface area contributed by atoms with E-state index < -0.39 is 5.91 Å². The van der Waals surface area contributed by atoms with E-state index in [-0.39, 0.29) is 17.5 Å². The maximum absolute atomic E-state index is 13.8. The molecule has 1 saturated carbocycles. The number of aromatic nitrogens is 2. The van der Waals surface area contributed by atoms with Crippen LogP contribution in [-0.4, -0.2) is 39.1 Å². The van der Waals surface area contributed by atoms with Crippen LogP contribution in [0.5, 0.6) is 5.75 Å². The highest BCUT2D eigenvalue weighted by atomic mass is 16.5. The molecule has 40 heavy (non-hydrogen) atoms. The summed E-state index contributed by atoms with van der Waals surface area (Å²) < 4.78 is 7.73. The van der Waals surface area contributed by atoms with E-state index in [1.54, 1.807) is 17.7 Å². The molecule has 0 N–H and O–H groups in total. The van der Waals surface area contributed by atoms with Gasteiger partial charge in [-0.2, -0.15) is 10.4 Å². The molecule has 1 aliphatic carbocycles. The van der Waals surface area contributed by atoms with Crippen LogP contribution in [-0.2, 0) is 9.59 Å². The van der Waals surface area contributed by atoms with E-state index in [0.29, 0.717) is 29.4 Å². The summed E-state index contributed by atoms with van der Waals surface area (Å²) in [5, 5.41) is 14.8. The zero-order valence-electron chi connectivity index (χ0n) is 23.5. The van der Waals surface area contributed by atoms with Crippen molar-refractivity contribution < 1.29 is 14.3 Å². The van der Waals surface area contributed by atoms with Crippen molar-refractivity contribution in [2.45, 2.75) is 59.4 Å². The molecule has 2 aliphatic rings. The van der Waals surface area contributed by atoms with E-state index in [9.17, 15) is 14.9 Å². The van der Waals surface area contributed by atoms with E-state index in [0.717, 1.165) is 53.8 Å². The molecule has 2 heterocycles. The Kier molecular flexibility index (Phi) is 7.70. The number of nitrogens with zero attached hydrogens (tertiary/aromatic N) is 4. The molecule has 1 fully saturated rings. The lowest BCUT2D eigenvalue weighted by atomic mass is 9.91. The second-order valence-electron chi connectivity index (χ2n) is 11.0. The third kappa shape index (κ3) is 5.22. The van der Waals surface area contributed by atoms with Gasteiger partial charge < -0.3 is 4.74 Å². The Hall–Kier alpha value is -4.44. The number of benzene rings is 2. The lowest BCUT2D eigenvalue weighted by molar-refractivity contribution is -0.143. The quantitative estimate of drug-likeness (QED) is 0.258. The second-order valence-corrected chi connectivity index (χ2v) is 11.0. The van der Waals surface area contributed by atoms with Gasteiger partial charge in [0.1, 0.15) is 23.1 Å². The number of carbonyl (C=O) groups excluding carboxylic acids is 2. The Morgan fingerprint density at radius 1 is 1.07 bits per heavy atom. The molecule has 1 aliphatic heterocycles. The topological polar surface area (TPSA) is 88.2 Å². The van der Waals surface area contributed by atoms with Crippen molar-refractivity contribution >= 4 is 17.9 Å². The number of nitriles is 1. The summed E-state index contributed by atoms with van der Waals surface area (Å²) >= 11 is 0. The summed E-state index contributed by atoms with van der Waals surface area (Å²) in [6.07, 6.45) is 7.15. The standard InChI is InChI=1S/C33H34N4O3/c1-21(2)20-40-27-14-15-28(22(3)16-27)31-24(19-36(35-31)25-10-6-5-7-11-25)17-29-23(4)30(18-34)33(39)37(32(29)38)26-12-8-9-13-26/h5-7,10-11,14-17,19,21,26H,8-9,12-13,20H2,1-4H3/b29-17+. The van der Waals surface area contributed by atoms with Crippen LogP contribution in [0.4, 0.5) is 0 Å². The third-order valence-corrected chi connectivity index (χ3v) is 7.56. The molecular weight excluding hydrogens is 500 g/mol. The first-order chi connectivity index (χ1) is 19.3. The number of rotatable bonds is 7. The summed E-state index contributed by atoms with van der Waals surface area (Å²) in [6.45, 7) is 8.55. The fourth-order valence-electron chi connectivity index (χ4n) is 5.42. The number of para-hydroxylation sites is 1. The maximum atomic E-state index is 13.8. The van der Waals surface area contributed by atoms with Gasteiger partial charge in [0.25, 0.3) is 11.8 Å². The molecule has 1 aromatic heterocycles. The minimum absolute atomic E-state index is 0.0255. The monoisotopic (exact) mass is 534 g/mol. The highest BCUT2D eigenvalue weighted by Crippen LogP contribution is 2.36. The SMILES string of the molecule is CC1=C(C#N)C(=O)N(C2CCCC2)C(=O)/C1=C/c1cn(-c2ccccc2)nc1-c1ccc(OCC(C)C)cc1C. The number of amides is 2. The Morgan fingerprint density at radius 3 is 2.45 bits per heavy atom. The summed E-state index contributed by atoms with van der Waals surface area (Å²) in [4.78, 5) is 28.3. The minimum atomic E-state index is -0.484. The first kappa shape index (κ1) is 27.1. The molecule has 0 spiro atoms. The average molecular weight is 535 g/mol. The third-order valence-electron chi connectivity index (χ3n) is 7.56. The number of imide groups is 1. The van der Waals surface area contributed by atoms with Gasteiger partial charge in [0.15, 0.2) is 0 Å². The summed E-state index contributed by atoms with van der Waals surface area (Å²) in [7, 11) is 0. The maximum Gasteiger partial charge on any atom is 0.271 e. The zero-order chi connectivity index (χ0) is 28.4. The first-order valence-corrected chi connectivity index (χ1v) is 13.9. The van der Waals surface area contributed by atoms with Crippen LogP contribution in [0.2, 0.25) is 0 Å². The van der Waals surface area contributed by atoms with Gasteiger partial charge in [-0.3, -0.25) is 14.5 Å². The van der Waals surface area contributed by atoms with E-state index in [1.807, 2.05) is 61.7 Å². The van der Waals surface area contributed by atoms with Crippen molar-refractivity contribution in [2.24, 2.45) is 5.92 Å². The fourth-order valence-corrected chi connectivity index (χ4v) is 5.42. The van der Waals surface area contributed by atoms with Gasteiger partial charge in [0.05, 0.1) is 12.3 Å². The van der Waals surface area contributed by atoms with Crippen molar-refractivity contribution in [3.8, 4) is 28.8 Å². The molecular formula is C33H34N4O3. The smallest absolute Gasteiger partial charge is 0.271 e. The van der Waals surface area contributed by atoms with Crippen molar-refractivity contribution in [1.82, 2.24) is 14.7 Å². The molecule has 5 rings (SSSR count). The molecule has 0 atom stereocenters. The van der Waals surface area contributed by atoms with Crippen LogP contribution < -0.4 is 4.74 Å². The Bertz CT molecular complexity index is 1550. The molecule has 2 aromatic carbocycles. The number of hydrogen-bond acceptors (Lipinski definition) is 5. The molecule has 2 amide bonds. The average Bonchev–Trinajstić information content (AvgIpc) is 3.61. The molecule has 0 bridgehead atoms. The van der Waals surface area contributed by atoms with Crippen molar-refractivity contribution in [3.63, 3.8) is 0 Å². The van der Waals surface area contributed by atoms with Gasteiger partial charge in [0.2, 0.25) is 0 Å².